The third kappa shape index (κ3) is 3.75. The molecule has 0 saturated heterocycles. The monoisotopic (exact) mass is 302 g/mol. The summed E-state index contributed by atoms with van der Waals surface area (Å²) in [6.45, 7) is 3.73. The first kappa shape index (κ1) is 15.8. The summed E-state index contributed by atoms with van der Waals surface area (Å²) < 4.78 is 19.4. The molecule has 4 nitrogen and oxygen atoms in total. The molecule has 2 aromatic rings. The highest BCUT2D eigenvalue weighted by atomic mass is 19.1. The number of para-hydroxylation sites is 1. The van der Waals surface area contributed by atoms with E-state index in [2.05, 4.69) is 5.32 Å². The number of nitrogens with one attached hydrogen (secondary N) is 1. The molecule has 116 valence electrons. The number of nitrogens with two attached hydrogens (primary N) is 1. The molecule has 0 bridgehead atoms. The molecule has 5 heteroatoms. The average Bonchev–Trinajstić information content (AvgIpc) is 2.50. The molecule has 0 saturated carbocycles. The third-order valence-electron chi connectivity index (χ3n) is 3.27. The van der Waals surface area contributed by atoms with E-state index in [9.17, 15) is 9.18 Å². The van der Waals surface area contributed by atoms with Crippen LogP contribution in [0.2, 0.25) is 0 Å². The number of anilines is 2. The Morgan fingerprint density at radius 1 is 1.32 bits per heavy atom. The Kier molecular flexibility index (Phi) is 4.99. The van der Waals surface area contributed by atoms with E-state index < -0.39 is 17.8 Å². The van der Waals surface area contributed by atoms with Gasteiger partial charge in [0.05, 0.1) is 5.69 Å². The highest BCUT2D eigenvalue weighted by Gasteiger charge is 2.20. The fourth-order valence-electron chi connectivity index (χ4n) is 2.02. The van der Waals surface area contributed by atoms with Gasteiger partial charge in [0.25, 0.3) is 5.91 Å². The van der Waals surface area contributed by atoms with Crippen molar-refractivity contribution in [2.75, 3.05) is 11.1 Å². The van der Waals surface area contributed by atoms with Crippen LogP contribution in [0.5, 0.6) is 5.75 Å². The minimum Gasteiger partial charge on any atom is -0.480 e. The van der Waals surface area contributed by atoms with E-state index >= 15 is 0 Å². The topological polar surface area (TPSA) is 64.3 Å². The van der Waals surface area contributed by atoms with Gasteiger partial charge in [0.15, 0.2) is 6.10 Å². The molecule has 22 heavy (non-hydrogen) atoms. The molecule has 1 unspecified atom stereocenters. The molecule has 0 aliphatic carbocycles. The number of halogens is 1. The minimum absolute atomic E-state index is 0.0526. The summed E-state index contributed by atoms with van der Waals surface area (Å²) in [4.78, 5) is 12.3. The molecular weight excluding hydrogens is 283 g/mol. The molecule has 0 radical (unpaired) electrons. The number of ether oxygens (including phenoxy) is 1. The van der Waals surface area contributed by atoms with Crippen molar-refractivity contribution in [3.8, 4) is 5.75 Å². The number of benzene rings is 2. The fraction of sp³-hybridized carbons (Fsp3) is 0.235. The summed E-state index contributed by atoms with van der Waals surface area (Å²) in [7, 11) is 0. The van der Waals surface area contributed by atoms with Gasteiger partial charge >= 0.3 is 0 Å². The zero-order chi connectivity index (χ0) is 16.1. The van der Waals surface area contributed by atoms with Gasteiger partial charge in [-0.25, -0.2) is 4.39 Å². The fourth-order valence-corrected chi connectivity index (χ4v) is 2.02. The predicted molar refractivity (Wildman–Crippen MR) is 85.3 cm³/mol. The summed E-state index contributed by atoms with van der Waals surface area (Å²) in [6, 6.07) is 11.5. The Morgan fingerprint density at radius 3 is 2.73 bits per heavy atom. The molecule has 0 aliphatic rings. The number of rotatable bonds is 5. The van der Waals surface area contributed by atoms with Gasteiger partial charge in [-0.3, -0.25) is 4.79 Å². The van der Waals surface area contributed by atoms with Crippen LogP contribution in [0.25, 0.3) is 0 Å². The number of hydrogen-bond acceptors (Lipinski definition) is 3. The van der Waals surface area contributed by atoms with Gasteiger partial charge in [-0.05, 0) is 43.2 Å². The lowest BCUT2D eigenvalue weighted by Crippen LogP contribution is -2.32. The summed E-state index contributed by atoms with van der Waals surface area (Å²) in [5.74, 6) is -0.305. The molecule has 0 spiro atoms. The van der Waals surface area contributed by atoms with Crippen LogP contribution in [0, 0.1) is 12.7 Å². The molecule has 3 N–H and O–H groups in total. The molecular formula is C17H19FN2O2. The number of carbonyl (C=O) groups is 1. The zero-order valence-corrected chi connectivity index (χ0v) is 12.6. The first-order valence-corrected chi connectivity index (χ1v) is 7.09. The maximum atomic E-state index is 13.7. The van der Waals surface area contributed by atoms with E-state index in [0.717, 1.165) is 5.56 Å². The van der Waals surface area contributed by atoms with Crippen LogP contribution >= 0.6 is 0 Å². The van der Waals surface area contributed by atoms with Gasteiger partial charge in [0, 0.05) is 5.69 Å². The van der Waals surface area contributed by atoms with Gasteiger partial charge in [-0.1, -0.05) is 25.1 Å². The Bertz CT molecular complexity index is 673. The van der Waals surface area contributed by atoms with Gasteiger partial charge in [0.1, 0.15) is 11.6 Å². The Balaban J connectivity index is 2.12. The number of aryl methyl sites for hydroxylation is 1. The summed E-state index contributed by atoms with van der Waals surface area (Å²) >= 11 is 0. The largest absolute Gasteiger partial charge is 0.480 e. The van der Waals surface area contributed by atoms with Crippen molar-refractivity contribution in [2.24, 2.45) is 0 Å². The van der Waals surface area contributed by atoms with E-state index in [1.165, 1.54) is 18.2 Å². The summed E-state index contributed by atoms with van der Waals surface area (Å²) in [5, 5.41) is 2.52. The van der Waals surface area contributed by atoms with Crippen LogP contribution in [-0.4, -0.2) is 12.0 Å². The SMILES string of the molecule is CCC(Oc1ccccc1C)C(=O)Nc1cc(N)ccc1F. The standard InChI is InChI=1S/C17H19FN2O2/c1-3-15(22-16-7-5-4-6-11(16)2)17(21)20-14-10-12(19)8-9-13(14)18/h4-10,15H,3,19H2,1-2H3,(H,20,21). The zero-order valence-electron chi connectivity index (χ0n) is 12.6. The maximum Gasteiger partial charge on any atom is 0.265 e. The number of nitrogen functional groups attached to an aromatic ring is 1. The van der Waals surface area contributed by atoms with Gasteiger partial charge in [-0.2, -0.15) is 0 Å². The van der Waals surface area contributed by atoms with Crippen molar-refractivity contribution in [2.45, 2.75) is 26.4 Å². The first-order valence-electron chi connectivity index (χ1n) is 7.09. The van der Waals surface area contributed by atoms with E-state index in [1.54, 1.807) is 6.07 Å². The number of carbonyl (C=O) groups excluding carboxylic acids is 1. The molecule has 1 atom stereocenters. The van der Waals surface area contributed by atoms with Gasteiger partial charge < -0.3 is 15.8 Å². The molecule has 0 fully saturated rings. The third-order valence-corrected chi connectivity index (χ3v) is 3.27. The molecule has 0 aliphatic heterocycles. The van der Waals surface area contributed by atoms with Crippen molar-refractivity contribution >= 4 is 17.3 Å². The second kappa shape index (κ2) is 6.93. The average molecular weight is 302 g/mol. The van der Waals surface area contributed by atoms with E-state index in [0.29, 0.717) is 17.9 Å². The van der Waals surface area contributed by atoms with Crippen LogP contribution < -0.4 is 15.8 Å². The minimum atomic E-state index is -0.707. The number of hydrogen-bond donors (Lipinski definition) is 2. The smallest absolute Gasteiger partial charge is 0.265 e. The Hall–Kier alpha value is -2.56. The Labute approximate surface area is 129 Å². The normalized spacial score (nSPS) is 11.8. The second-order valence-electron chi connectivity index (χ2n) is 5.01. The van der Waals surface area contributed by atoms with Crippen molar-refractivity contribution in [1.82, 2.24) is 0 Å². The van der Waals surface area contributed by atoms with Crippen LogP contribution in [0.15, 0.2) is 42.5 Å². The van der Waals surface area contributed by atoms with E-state index in [-0.39, 0.29) is 5.69 Å². The van der Waals surface area contributed by atoms with Gasteiger partial charge in [-0.15, -0.1) is 0 Å². The molecule has 2 aromatic carbocycles. The lowest BCUT2D eigenvalue weighted by molar-refractivity contribution is -0.122. The number of amides is 1. The van der Waals surface area contributed by atoms with Crippen molar-refractivity contribution in [3.05, 3.63) is 53.8 Å². The van der Waals surface area contributed by atoms with Crippen molar-refractivity contribution in [3.63, 3.8) is 0 Å². The second-order valence-corrected chi connectivity index (χ2v) is 5.01. The van der Waals surface area contributed by atoms with Crippen LogP contribution in [-0.2, 0) is 4.79 Å². The molecule has 0 aromatic heterocycles. The first-order chi connectivity index (χ1) is 10.5. The van der Waals surface area contributed by atoms with Crippen LogP contribution in [0.3, 0.4) is 0 Å². The lowest BCUT2D eigenvalue weighted by atomic mass is 10.2. The van der Waals surface area contributed by atoms with Gasteiger partial charge in [0.2, 0.25) is 0 Å². The van der Waals surface area contributed by atoms with Crippen LogP contribution in [0.1, 0.15) is 18.9 Å². The van der Waals surface area contributed by atoms with Crippen LogP contribution in [0.4, 0.5) is 15.8 Å². The highest BCUT2D eigenvalue weighted by Crippen LogP contribution is 2.21. The molecule has 1 amide bonds. The van der Waals surface area contributed by atoms with E-state index in [4.69, 9.17) is 10.5 Å². The molecule has 0 heterocycles. The Morgan fingerprint density at radius 2 is 2.05 bits per heavy atom. The highest BCUT2D eigenvalue weighted by molar-refractivity contribution is 5.94. The summed E-state index contributed by atoms with van der Waals surface area (Å²) in [5.41, 5.74) is 6.97. The summed E-state index contributed by atoms with van der Waals surface area (Å²) in [6.07, 6.45) is -0.244. The maximum absolute atomic E-state index is 13.7. The van der Waals surface area contributed by atoms with Crippen molar-refractivity contribution in [1.29, 1.82) is 0 Å². The van der Waals surface area contributed by atoms with Crippen molar-refractivity contribution < 1.29 is 13.9 Å². The predicted octanol–water partition coefficient (Wildman–Crippen LogP) is 3.51. The van der Waals surface area contributed by atoms with E-state index in [1.807, 2.05) is 32.0 Å². The quantitative estimate of drug-likeness (QED) is 0.831. The lowest BCUT2D eigenvalue weighted by Gasteiger charge is -2.18. The molecule has 2 rings (SSSR count).